The van der Waals surface area contributed by atoms with Gasteiger partial charge in [-0.15, -0.1) is 0 Å². The van der Waals surface area contributed by atoms with Gasteiger partial charge in [0.2, 0.25) is 5.91 Å². The van der Waals surface area contributed by atoms with Crippen molar-refractivity contribution in [3.63, 3.8) is 0 Å². The van der Waals surface area contributed by atoms with Crippen molar-refractivity contribution in [2.24, 2.45) is 5.92 Å². The zero-order chi connectivity index (χ0) is 21.1. The minimum atomic E-state index is -0.275. The number of rotatable bonds is 4. The topological polar surface area (TPSA) is 58.6 Å². The Morgan fingerprint density at radius 1 is 1.03 bits per heavy atom. The fourth-order valence-electron chi connectivity index (χ4n) is 3.98. The lowest BCUT2D eigenvalue weighted by Crippen LogP contribution is -2.43. The van der Waals surface area contributed by atoms with Crippen LogP contribution in [0, 0.1) is 5.92 Å². The van der Waals surface area contributed by atoms with Gasteiger partial charge in [-0.3, -0.25) is 9.59 Å². The van der Waals surface area contributed by atoms with Gasteiger partial charge in [-0.05, 0) is 42.5 Å². The van der Waals surface area contributed by atoms with Crippen LogP contribution in [0.2, 0.25) is 5.02 Å². The summed E-state index contributed by atoms with van der Waals surface area (Å²) < 4.78 is 5.43. The summed E-state index contributed by atoms with van der Waals surface area (Å²) in [6, 6.07) is 18.5. The maximum absolute atomic E-state index is 13.3. The summed E-state index contributed by atoms with van der Waals surface area (Å²) in [5.74, 6) is 0.283. The molecule has 4 rings (SSSR count). The predicted octanol–water partition coefficient (Wildman–Crippen LogP) is 4.99. The van der Waals surface area contributed by atoms with Gasteiger partial charge in [0.1, 0.15) is 5.75 Å². The highest BCUT2D eigenvalue weighted by molar-refractivity contribution is 6.33. The lowest BCUT2D eigenvalue weighted by atomic mass is 9.95. The second kappa shape index (κ2) is 8.76. The molecule has 6 heteroatoms. The maximum atomic E-state index is 13.3. The fourth-order valence-corrected chi connectivity index (χ4v) is 4.16. The molecule has 1 heterocycles. The second-order valence-corrected chi connectivity index (χ2v) is 7.83. The Kier molecular flexibility index (Phi) is 5.91. The molecule has 0 bridgehead atoms. The van der Waals surface area contributed by atoms with Gasteiger partial charge >= 0.3 is 0 Å². The number of likely N-dealkylation sites (tertiary alicyclic amines) is 1. The molecule has 0 aliphatic carbocycles. The third-order valence-electron chi connectivity index (χ3n) is 5.55. The Balaban J connectivity index is 1.54. The van der Waals surface area contributed by atoms with Crippen LogP contribution in [0.5, 0.6) is 5.75 Å². The molecule has 1 aliphatic heterocycles. The van der Waals surface area contributed by atoms with E-state index in [0.717, 1.165) is 29.4 Å². The molecule has 0 aromatic heterocycles. The summed E-state index contributed by atoms with van der Waals surface area (Å²) in [7, 11) is 1.62. The number of nitrogens with zero attached hydrogens (tertiary/aromatic N) is 1. The summed E-state index contributed by atoms with van der Waals surface area (Å²) in [4.78, 5) is 27.9. The summed E-state index contributed by atoms with van der Waals surface area (Å²) in [6.07, 6.45) is 1.52. The van der Waals surface area contributed by atoms with Crippen LogP contribution in [0.3, 0.4) is 0 Å². The quantitative estimate of drug-likeness (QED) is 0.644. The number of carbonyl (C=O) groups is 2. The van der Waals surface area contributed by atoms with Crippen molar-refractivity contribution in [2.45, 2.75) is 12.8 Å². The van der Waals surface area contributed by atoms with E-state index in [1.54, 1.807) is 30.2 Å². The zero-order valence-corrected chi connectivity index (χ0v) is 17.5. The number of carbonyl (C=O) groups excluding carboxylic acids is 2. The minimum Gasteiger partial charge on any atom is -0.496 e. The molecule has 154 valence electrons. The number of benzene rings is 3. The van der Waals surface area contributed by atoms with E-state index in [9.17, 15) is 9.59 Å². The third kappa shape index (κ3) is 3.98. The standard InChI is InChI=1S/C24H23ClN2O3/c1-30-22-13-12-19(17-8-2-3-9-18(17)22)24(29)27-14-6-7-16(15-27)23(28)26-21-11-5-4-10-20(21)25/h2-5,8-13,16H,6-7,14-15H2,1H3,(H,26,28)/t16-/m1/s1. The van der Waals surface area contributed by atoms with Gasteiger partial charge in [0.05, 0.1) is 23.7 Å². The molecule has 1 fully saturated rings. The number of methoxy groups -OCH3 is 1. The molecule has 1 N–H and O–H groups in total. The lowest BCUT2D eigenvalue weighted by Gasteiger charge is -2.32. The van der Waals surface area contributed by atoms with Crippen LogP contribution in [-0.2, 0) is 4.79 Å². The molecule has 5 nitrogen and oxygen atoms in total. The molecule has 0 saturated carbocycles. The van der Waals surface area contributed by atoms with Crippen molar-refractivity contribution in [3.05, 3.63) is 71.2 Å². The summed E-state index contributed by atoms with van der Waals surface area (Å²) in [5.41, 5.74) is 1.22. The molecule has 0 radical (unpaired) electrons. The normalized spacial score (nSPS) is 16.3. The first-order valence-electron chi connectivity index (χ1n) is 9.99. The molecule has 30 heavy (non-hydrogen) atoms. The number of nitrogens with one attached hydrogen (secondary N) is 1. The lowest BCUT2D eigenvalue weighted by molar-refractivity contribution is -0.121. The van der Waals surface area contributed by atoms with Gasteiger partial charge in [0, 0.05) is 24.0 Å². The maximum Gasteiger partial charge on any atom is 0.254 e. The van der Waals surface area contributed by atoms with E-state index in [2.05, 4.69) is 5.32 Å². The second-order valence-electron chi connectivity index (χ2n) is 7.42. The van der Waals surface area contributed by atoms with Crippen molar-refractivity contribution in [1.82, 2.24) is 4.90 Å². The number of ether oxygens (including phenoxy) is 1. The summed E-state index contributed by atoms with van der Waals surface area (Å²) in [6.45, 7) is 1.02. The van der Waals surface area contributed by atoms with Crippen LogP contribution in [0.25, 0.3) is 10.8 Å². The monoisotopic (exact) mass is 422 g/mol. The highest BCUT2D eigenvalue weighted by Gasteiger charge is 2.30. The van der Waals surface area contributed by atoms with Crippen LogP contribution in [0.1, 0.15) is 23.2 Å². The Morgan fingerprint density at radius 3 is 2.53 bits per heavy atom. The van der Waals surface area contributed by atoms with E-state index >= 15 is 0 Å². The Hall–Kier alpha value is -3.05. The highest BCUT2D eigenvalue weighted by atomic mass is 35.5. The van der Waals surface area contributed by atoms with Gasteiger partial charge in [-0.2, -0.15) is 0 Å². The van der Waals surface area contributed by atoms with Gasteiger partial charge in [-0.1, -0.05) is 48.0 Å². The van der Waals surface area contributed by atoms with Crippen molar-refractivity contribution >= 4 is 39.9 Å². The van der Waals surface area contributed by atoms with Gasteiger partial charge < -0.3 is 15.0 Å². The smallest absolute Gasteiger partial charge is 0.254 e. The van der Waals surface area contributed by atoms with Crippen LogP contribution in [0.4, 0.5) is 5.69 Å². The molecular weight excluding hydrogens is 400 g/mol. The van der Waals surface area contributed by atoms with Crippen molar-refractivity contribution in [3.8, 4) is 5.75 Å². The van der Waals surface area contributed by atoms with E-state index in [0.29, 0.717) is 29.4 Å². The Morgan fingerprint density at radius 2 is 1.77 bits per heavy atom. The number of amides is 2. The number of fused-ring (bicyclic) bond motifs is 1. The highest BCUT2D eigenvalue weighted by Crippen LogP contribution is 2.30. The van der Waals surface area contributed by atoms with Gasteiger partial charge in [0.15, 0.2) is 0 Å². The Bertz CT molecular complexity index is 1100. The first-order chi connectivity index (χ1) is 14.6. The van der Waals surface area contributed by atoms with E-state index < -0.39 is 0 Å². The van der Waals surface area contributed by atoms with E-state index in [-0.39, 0.29) is 17.7 Å². The third-order valence-corrected chi connectivity index (χ3v) is 5.88. The number of piperidine rings is 1. The molecule has 3 aromatic carbocycles. The van der Waals surface area contributed by atoms with Crippen molar-refractivity contribution < 1.29 is 14.3 Å². The average Bonchev–Trinajstić information content (AvgIpc) is 2.79. The largest absolute Gasteiger partial charge is 0.496 e. The van der Waals surface area contributed by atoms with Crippen LogP contribution >= 0.6 is 11.6 Å². The number of hydrogen-bond donors (Lipinski definition) is 1. The molecule has 1 atom stereocenters. The molecule has 0 spiro atoms. The van der Waals surface area contributed by atoms with Gasteiger partial charge in [-0.25, -0.2) is 0 Å². The average molecular weight is 423 g/mol. The number of hydrogen-bond acceptors (Lipinski definition) is 3. The minimum absolute atomic E-state index is 0.0657. The first-order valence-corrected chi connectivity index (χ1v) is 10.4. The van der Waals surface area contributed by atoms with Crippen molar-refractivity contribution in [2.75, 3.05) is 25.5 Å². The summed E-state index contributed by atoms with van der Waals surface area (Å²) >= 11 is 6.16. The molecule has 2 amide bonds. The predicted molar refractivity (Wildman–Crippen MR) is 119 cm³/mol. The molecule has 0 unspecified atom stereocenters. The van der Waals surface area contributed by atoms with Crippen LogP contribution in [0.15, 0.2) is 60.7 Å². The Labute approximate surface area is 180 Å². The van der Waals surface area contributed by atoms with Crippen LogP contribution < -0.4 is 10.1 Å². The molecule has 1 saturated heterocycles. The first kappa shape index (κ1) is 20.2. The SMILES string of the molecule is COc1ccc(C(=O)N2CCC[C@@H](C(=O)Nc3ccccc3Cl)C2)c2ccccc12. The molecule has 1 aliphatic rings. The van der Waals surface area contributed by atoms with Crippen LogP contribution in [-0.4, -0.2) is 36.9 Å². The van der Waals surface area contributed by atoms with Crippen molar-refractivity contribution in [1.29, 1.82) is 0 Å². The fraction of sp³-hybridized carbons (Fsp3) is 0.250. The van der Waals surface area contributed by atoms with E-state index in [4.69, 9.17) is 16.3 Å². The molecular formula is C24H23ClN2O3. The number of halogens is 1. The van der Waals surface area contributed by atoms with Gasteiger partial charge in [0.25, 0.3) is 5.91 Å². The number of para-hydroxylation sites is 1. The number of anilines is 1. The van der Waals surface area contributed by atoms with E-state index in [1.165, 1.54) is 0 Å². The zero-order valence-electron chi connectivity index (χ0n) is 16.7. The van der Waals surface area contributed by atoms with E-state index in [1.807, 2.05) is 42.5 Å². The summed E-state index contributed by atoms with van der Waals surface area (Å²) in [5, 5.41) is 5.15. The molecule has 3 aromatic rings.